The van der Waals surface area contributed by atoms with Gasteiger partial charge in [-0.15, -0.1) is 0 Å². The summed E-state index contributed by atoms with van der Waals surface area (Å²) in [6.45, 7) is 13.3. The summed E-state index contributed by atoms with van der Waals surface area (Å²) in [5.74, 6) is 0.526. The van der Waals surface area contributed by atoms with E-state index in [4.69, 9.17) is 5.73 Å². The Kier molecular flexibility index (Phi) is 8.33. The number of rotatable bonds is 10. The largest absolute Gasteiger partial charge is 0.508 e. The van der Waals surface area contributed by atoms with Crippen LogP contribution in [0.5, 0.6) is 0 Å². The van der Waals surface area contributed by atoms with Gasteiger partial charge in [-0.3, -0.25) is 10.9 Å². The summed E-state index contributed by atoms with van der Waals surface area (Å²) in [5.41, 5.74) is 14.2. The first-order chi connectivity index (χ1) is 11.5. The minimum Gasteiger partial charge on any atom is -0.508 e. The van der Waals surface area contributed by atoms with Gasteiger partial charge in [-0.05, 0) is 25.0 Å². The molecule has 0 amide bonds. The fourth-order valence-electron chi connectivity index (χ4n) is 2.38. The molecule has 5 heteroatoms. The maximum atomic E-state index is 9.80. The van der Waals surface area contributed by atoms with Crippen LogP contribution in [-0.4, -0.2) is 23.1 Å². The van der Waals surface area contributed by atoms with Crippen LogP contribution >= 0.6 is 0 Å². The van der Waals surface area contributed by atoms with E-state index in [1.165, 1.54) is 0 Å². The molecule has 0 aromatic heterocycles. The lowest BCUT2D eigenvalue weighted by molar-refractivity contribution is 0.375. The van der Waals surface area contributed by atoms with Gasteiger partial charge in [0.2, 0.25) is 0 Å². The van der Waals surface area contributed by atoms with E-state index in [0.717, 1.165) is 38.0 Å². The molecule has 1 aliphatic heterocycles. The second-order valence-corrected chi connectivity index (χ2v) is 5.58. The number of nitrogens with one attached hydrogen (secondary N) is 2. The average molecular weight is 330 g/mol. The Morgan fingerprint density at radius 1 is 1.29 bits per heavy atom. The molecule has 0 unspecified atom stereocenters. The van der Waals surface area contributed by atoms with Crippen molar-refractivity contribution in [1.29, 1.82) is 0 Å². The molecule has 24 heavy (non-hydrogen) atoms. The van der Waals surface area contributed by atoms with E-state index in [9.17, 15) is 5.11 Å². The molecule has 5 nitrogen and oxygen atoms in total. The van der Waals surface area contributed by atoms with Crippen LogP contribution in [0.1, 0.15) is 33.1 Å². The van der Waals surface area contributed by atoms with Crippen LogP contribution < -0.4 is 16.6 Å². The van der Waals surface area contributed by atoms with E-state index in [-0.39, 0.29) is 5.76 Å². The summed E-state index contributed by atoms with van der Waals surface area (Å²) in [6, 6.07) is 0. The van der Waals surface area contributed by atoms with E-state index < -0.39 is 0 Å². The van der Waals surface area contributed by atoms with E-state index in [1.54, 1.807) is 12.2 Å². The van der Waals surface area contributed by atoms with Gasteiger partial charge in [-0.2, -0.15) is 0 Å². The van der Waals surface area contributed by atoms with E-state index in [1.807, 2.05) is 6.08 Å². The highest BCUT2D eigenvalue weighted by molar-refractivity contribution is 5.47. The zero-order valence-electron chi connectivity index (χ0n) is 14.8. The normalized spacial score (nSPS) is 14.9. The lowest BCUT2D eigenvalue weighted by Crippen LogP contribution is -2.42. The summed E-state index contributed by atoms with van der Waals surface area (Å²) in [5, 5.41) is 9.80. The summed E-state index contributed by atoms with van der Waals surface area (Å²) >= 11 is 0. The standard InChI is InChI=1S/C19H30N4O/c1-5-8-9-10-13-23(12-7-3)18-14-17(21-22-19(18)20)16(11-6-2)15(4)24/h6,9-11,14,21-22,24H,2,4-5,7-8,12-13,20H2,1,3H3/b10-9-,16-11+. The minimum absolute atomic E-state index is 0.0276. The number of hydrazine groups is 1. The number of hydrogen-bond acceptors (Lipinski definition) is 5. The maximum Gasteiger partial charge on any atom is 0.139 e. The molecule has 0 aromatic carbocycles. The lowest BCUT2D eigenvalue weighted by atomic mass is 10.1. The first-order valence-electron chi connectivity index (χ1n) is 8.39. The minimum atomic E-state index is -0.0276. The third-order valence-electron chi connectivity index (χ3n) is 3.56. The number of allylic oxidation sites excluding steroid dienone is 4. The van der Waals surface area contributed by atoms with Crippen LogP contribution in [-0.2, 0) is 0 Å². The van der Waals surface area contributed by atoms with Crippen molar-refractivity contribution >= 4 is 0 Å². The van der Waals surface area contributed by atoms with Crippen LogP contribution in [0.25, 0.3) is 0 Å². The molecule has 0 spiro atoms. The molecule has 0 fully saturated rings. The molecule has 0 bridgehead atoms. The van der Waals surface area contributed by atoms with Crippen LogP contribution in [0, 0.1) is 0 Å². The summed E-state index contributed by atoms with van der Waals surface area (Å²) < 4.78 is 0. The van der Waals surface area contributed by atoms with Gasteiger partial charge < -0.3 is 15.7 Å². The highest BCUT2D eigenvalue weighted by Gasteiger charge is 2.18. The Balaban J connectivity index is 3.09. The van der Waals surface area contributed by atoms with Crippen molar-refractivity contribution in [2.24, 2.45) is 5.73 Å². The fraction of sp³-hybridized carbons (Fsp3) is 0.368. The average Bonchev–Trinajstić information content (AvgIpc) is 2.56. The zero-order chi connectivity index (χ0) is 17.9. The van der Waals surface area contributed by atoms with Crippen molar-refractivity contribution < 1.29 is 5.11 Å². The molecule has 0 saturated heterocycles. The molecule has 0 saturated carbocycles. The van der Waals surface area contributed by atoms with Crippen LogP contribution in [0.3, 0.4) is 0 Å². The highest BCUT2D eigenvalue weighted by atomic mass is 16.3. The van der Waals surface area contributed by atoms with E-state index in [2.05, 4.69) is 54.9 Å². The molecule has 1 aliphatic rings. The highest BCUT2D eigenvalue weighted by Crippen LogP contribution is 2.21. The quantitative estimate of drug-likeness (QED) is 0.281. The predicted molar refractivity (Wildman–Crippen MR) is 102 cm³/mol. The Morgan fingerprint density at radius 3 is 2.62 bits per heavy atom. The fourth-order valence-corrected chi connectivity index (χ4v) is 2.38. The summed E-state index contributed by atoms with van der Waals surface area (Å²) in [7, 11) is 0. The molecule has 5 N–H and O–H groups in total. The second-order valence-electron chi connectivity index (χ2n) is 5.58. The lowest BCUT2D eigenvalue weighted by Gasteiger charge is -2.30. The van der Waals surface area contributed by atoms with Crippen molar-refractivity contribution in [2.45, 2.75) is 33.1 Å². The molecule has 0 atom stereocenters. The van der Waals surface area contributed by atoms with Gasteiger partial charge in [0, 0.05) is 18.7 Å². The van der Waals surface area contributed by atoms with Gasteiger partial charge in [-0.1, -0.05) is 51.7 Å². The van der Waals surface area contributed by atoms with Crippen LogP contribution in [0.4, 0.5) is 0 Å². The zero-order valence-corrected chi connectivity index (χ0v) is 14.8. The van der Waals surface area contributed by atoms with Gasteiger partial charge in [-0.25, -0.2) is 0 Å². The predicted octanol–water partition coefficient (Wildman–Crippen LogP) is 3.36. The number of unbranched alkanes of at least 4 members (excludes halogenated alkanes) is 1. The van der Waals surface area contributed by atoms with Gasteiger partial charge in [0.05, 0.1) is 11.4 Å². The molecule has 0 aromatic rings. The monoisotopic (exact) mass is 330 g/mol. The Labute approximate surface area is 145 Å². The summed E-state index contributed by atoms with van der Waals surface area (Å²) in [4.78, 5) is 2.21. The van der Waals surface area contributed by atoms with Gasteiger partial charge >= 0.3 is 0 Å². The number of aliphatic hydroxyl groups excluding tert-OH is 1. The number of nitrogens with zero attached hydrogens (tertiary/aromatic N) is 1. The number of aliphatic hydroxyl groups is 1. The number of nitrogens with two attached hydrogens (primary N) is 1. The summed E-state index contributed by atoms with van der Waals surface area (Å²) in [6.07, 6.45) is 12.8. The first-order valence-corrected chi connectivity index (χ1v) is 8.39. The van der Waals surface area contributed by atoms with Crippen molar-refractivity contribution in [1.82, 2.24) is 15.8 Å². The van der Waals surface area contributed by atoms with Gasteiger partial charge in [0.1, 0.15) is 11.6 Å². The Hall–Kier alpha value is -2.56. The SMILES string of the molecule is C=C/C=C(\C(=C)O)C1=CC(N(C/C=C\CCC)CCC)=C(N)NN1. The molecule has 132 valence electrons. The first kappa shape index (κ1) is 19.5. The van der Waals surface area contributed by atoms with E-state index >= 15 is 0 Å². The second kappa shape index (κ2) is 10.3. The van der Waals surface area contributed by atoms with Crippen molar-refractivity contribution in [3.8, 4) is 0 Å². The number of hydrogen-bond donors (Lipinski definition) is 4. The topological polar surface area (TPSA) is 73.5 Å². The van der Waals surface area contributed by atoms with Crippen molar-refractivity contribution in [3.63, 3.8) is 0 Å². The van der Waals surface area contributed by atoms with Crippen LogP contribution in [0.2, 0.25) is 0 Å². The van der Waals surface area contributed by atoms with Crippen molar-refractivity contribution in [2.75, 3.05) is 13.1 Å². The van der Waals surface area contributed by atoms with Gasteiger partial charge in [0.15, 0.2) is 0 Å². The van der Waals surface area contributed by atoms with Gasteiger partial charge in [0.25, 0.3) is 0 Å². The third kappa shape index (κ3) is 5.57. The smallest absolute Gasteiger partial charge is 0.139 e. The van der Waals surface area contributed by atoms with Crippen LogP contribution in [0.15, 0.2) is 72.1 Å². The maximum absolute atomic E-state index is 9.80. The molecule has 0 aliphatic carbocycles. The Bertz CT molecular complexity index is 570. The van der Waals surface area contributed by atoms with Crippen molar-refractivity contribution in [3.05, 3.63) is 72.1 Å². The Morgan fingerprint density at radius 2 is 2.04 bits per heavy atom. The third-order valence-corrected chi connectivity index (χ3v) is 3.56. The molecule has 1 rings (SSSR count). The molecule has 0 radical (unpaired) electrons. The molecular formula is C19H30N4O. The molecular weight excluding hydrogens is 300 g/mol. The molecule has 1 heterocycles. The van der Waals surface area contributed by atoms with E-state index in [0.29, 0.717) is 17.1 Å².